The fourth-order valence-electron chi connectivity index (χ4n) is 3.30. The molecule has 6 nitrogen and oxygen atoms in total. The maximum absolute atomic E-state index is 12.7. The van der Waals surface area contributed by atoms with E-state index in [9.17, 15) is 14.7 Å². The first-order chi connectivity index (χ1) is 10.2. The van der Waals surface area contributed by atoms with Gasteiger partial charge < -0.3 is 14.5 Å². The Morgan fingerprint density at radius 1 is 1.14 bits per heavy atom. The highest BCUT2D eigenvalue weighted by Gasteiger charge is 2.35. The van der Waals surface area contributed by atoms with Gasteiger partial charge in [0.25, 0.3) is 5.91 Å². The van der Waals surface area contributed by atoms with Crippen LogP contribution in [0.15, 0.2) is 4.52 Å². The molecule has 1 aromatic heterocycles. The number of hydrogen-bond donors (Lipinski definition) is 1. The number of aliphatic carboxylic acids is 1. The fraction of sp³-hybridized carbons (Fsp3) is 0.667. The van der Waals surface area contributed by atoms with Crippen LogP contribution in [-0.2, 0) is 17.6 Å². The highest BCUT2D eigenvalue weighted by Crippen LogP contribution is 2.26. The number of piperidine rings is 1. The van der Waals surface area contributed by atoms with Gasteiger partial charge in [-0.25, -0.2) is 4.79 Å². The van der Waals surface area contributed by atoms with Crippen LogP contribution in [0.3, 0.4) is 0 Å². The quantitative estimate of drug-likeness (QED) is 0.843. The number of nitrogens with zero attached hydrogens (tertiary/aromatic N) is 2. The van der Waals surface area contributed by atoms with Crippen LogP contribution in [-0.4, -0.2) is 39.6 Å². The Hall–Kier alpha value is -1.85. The molecule has 1 aliphatic heterocycles. The molecular formula is C15H20N2O4. The van der Waals surface area contributed by atoms with E-state index < -0.39 is 12.0 Å². The molecule has 1 aliphatic carbocycles. The Morgan fingerprint density at radius 3 is 2.76 bits per heavy atom. The monoisotopic (exact) mass is 292 g/mol. The van der Waals surface area contributed by atoms with Crippen molar-refractivity contribution in [2.24, 2.45) is 0 Å². The zero-order valence-electron chi connectivity index (χ0n) is 12.0. The van der Waals surface area contributed by atoms with Gasteiger partial charge in [-0.3, -0.25) is 4.79 Å². The number of likely N-dealkylation sites (tertiary alicyclic amines) is 1. The van der Waals surface area contributed by atoms with Gasteiger partial charge in [0.2, 0.25) is 0 Å². The minimum Gasteiger partial charge on any atom is -0.480 e. The van der Waals surface area contributed by atoms with E-state index in [1.54, 1.807) is 0 Å². The summed E-state index contributed by atoms with van der Waals surface area (Å²) in [5.41, 5.74) is 1.23. The van der Waals surface area contributed by atoms with Crippen molar-refractivity contribution >= 4 is 11.9 Å². The molecule has 114 valence electrons. The Morgan fingerprint density at radius 2 is 1.95 bits per heavy atom. The number of hydrogen-bond acceptors (Lipinski definition) is 4. The van der Waals surface area contributed by atoms with E-state index >= 15 is 0 Å². The topological polar surface area (TPSA) is 83.6 Å². The van der Waals surface area contributed by atoms with Gasteiger partial charge in [-0.05, 0) is 38.5 Å². The molecule has 0 aromatic carbocycles. The molecule has 3 rings (SSSR count). The van der Waals surface area contributed by atoms with Gasteiger partial charge in [0.05, 0.1) is 0 Å². The van der Waals surface area contributed by atoms with Crippen LogP contribution in [0.1, 0.15) is 60.3 Å². The van der Waals surface area contributed by atoms with Crippen LogP contribution in [0.5, 0.6) is 0 Å². The average molecular weight is 292 g/mol. The lowest BCUT2D eigenvalue weighted by molar-refractivity contribution is -0.143. The van der Waals surface area contributed by atoms with Crippen molar-refractivity contribution in [3.63, 3.8) is 0 Å². The molecule has 0 unspecified atom stereocenters. The van der Waals surface area contributed by atoms with Crippen molar-refractivity contribution in [3.8, 4) is 0 Å². The normalized spacial score (nSPS) is 22.5. The van der Waals surface area contributed by atoms with Crippen LogP contribution in [0.25, 0.3) is 0 Å². The molecule has 0 bridgehead atoms. The van der Waals surface area contributed by atoms with E-state index in [1.165, 1.54) is 4.90 Å². The Balaban J connectivity index is 1.87. The average Bonchev–Trinajstić information content (AvgIpc) is 2.75. The third-order valence-electron chi connectivity index (χ3n) is 4.45. The highest BCUT2D eigenvalue weighted by atomic mass is 16.5. The van der Waals surface area contributed by atoms with Gasteiger partial charge in [0.15, 0.2) is 5.69 Å². The molecule has 0 saturated carbocycles. The second-order valence-electron chi connectivity index (χ2n) is 5.84. The Kier molecular flexibility index (Phi) is 3.94. The first kappa shape index (κ1) is 14.1. The molecule has 6 heteroatoms. The molecule has 1 fully saturated rings. The van der Waals surface area contributed by atoms with Gasteiger partial charge in [-0.2, -0.15) is 0 Å². The van der Waals surface area contributed by atoms with Crippen molar-refractivity contribution in [3.05, 3.63) is 17.0 Å². The molecule has 1 amide bonds. The zero-order valence-corrected chi connectivity index (χ0v) is 12.0. The molecular weight excluding hydrogens is 272 g/mol. The molecule has 1 atom stereocenters. The lowest BCUT2D eigenvalue weighted by Crippen LogP contribution is -2.48. The van der Waals surface area contributed by atoms with Crippen LogP contribution in [0.4, 0.5) is 0 Å². The highest BCUT2D eigenvalue weighted by molar-refractivity contribution is 5.96. The second-order valence-corrected chi connectivity index (χ2v) is 5.84. The fourth-order valence-corrected chi connectivity index (χ4v) is 3.30. The summed E-state index contributed by atoms with van der Waals surface area (Å²) in [4.78, 5) is 25.5. The summed E-state index contributed by atoms with van der Waals surface area (Å²) in [6, 6.07) is -0.732. The summed E-state index contributed by atoms with van der Waals surface area (Å²) in [7, 11) is 0. The van der Waals surface area contributed by atoms with E-state index in [1.807, 2.05) is 0 Å². The van der Waals surface area contributed by atoms with Crippen LogP contribution in [0, 0.1) is 0 Å². The molecule has 21 heavy (non-hydrogen) atoms. The van der Waals surface area contributed by atoms with Crippen molar-refractivity contribution in [2.45, 2.75) is 57.4 Å². The number of carboxylic acid groups (broad SMARTS) is 1. The largest absolute Gasteiger partial charge is 0.480 e. The van der Waals surface area contributed by atoms with Crippen LogP contribution in [0.2, 0.25) is 0 Å². The summed E-state index contributed by atoms with van der Waals surface area (Å²) in [6.07, 6.45) is 7.02. The smallest absolute Gasteiger partial charge is 0.326 e. The predicted molar refractivity (Wildman–Crippen MR) is 74.1 cm³/mol. The zero-order chi connectivity index (χ0) is 14.8. The van der Waals surface area contributed by atoms with Gasteiger partial charge in [0.1, 0.15) is 11.8 Å². The Labute approximate surface area is 123 Å². The molecule has 1 N–H and O–H groups in total. The lowest BCUT2D eigenvalue weighted by atomic mass is 10.0. The van der Waals surface area contributed by atoms with E-state index in [0.29, 0.717) is 18.7 Å². The summed E-state index contributed by atoms with van der Waals surface area (Å²) in [5.74, 6) is -0.411. The molecule has 1 saturated heterocycles. The molecule has 2 aliphatic rings. The molecule has 2 heterocycles. The number of carboxylic acids is 1. The van der Waals surface area contributed by atoms with Gasteiger partial charge in [-0.15, -0.1) is 0 Å². The van der Waals surface area contributed by atoms with Crippen molar-refractivity contribution in [2.75, 3.05) is 6.54 Å². The number of amides is 1. The van der Waals surface area contributed by atoms with E-state index in [4.69, 9.17) is 4.52 Å². The summed E-state index contributed by atoms with van der Waals surface area (Å²) >= 11 is 0. The number of fused-ring (bicyclic) bond motifs is 1. The minimum absolute atomic E-state index is 0.283. The minimum atomic E-state index is -0.933. The number of carbonyl (C=O) groups excluding carboxylic acids is 1. The predicted octanol–water partition coefficient (Wildman–Crippen LogP) is 2.02. The standard InChI is InChI=1S/C15H20N2O4/c18-14(17-9-5-4-7-11(17)15(19)20)13-10-6-2-1-3-8-12(10)21-16-13/h11H,1-9H2,(H,19,20)/t11-/m1/s1. The third-order valence-corrected chi connectivity index (χ3v) is 4.45. The van der Waals surface area contributed by atoms with Crippen molar-refractivity contribution < 1.29 is 19.2 Å². The summed E-state index contributed by atoms with van der Waals surface area (Å²) in [6.45, 7) is 0.484. The SMILES string of the molecule is O=C(O)[C@H]1CCCCN1C(=O)c1noc2c1CCCCC2. The van der Waals surface area contributed by atoms with Gasteiger partial charge >= 0.3 is 5.97 Å². The molecule has 0 radical (unpaired) electrons. The number of carbonyl (C=O) groups is 2. The molecule has 0 spiro atoms. The van der Waals surface area contributed by atoms with E-state index in [-0.39, 0.29) is 5.91 Å². The van der Waals surface area contributed by atoms with E-state index in [0.717, 1.165) is 56.3 Å². The lowest BCUT2D eigenvalue weighted by Gasteiger charge is -2.32. The van der Waals surface area contributed by atoms with E-state index in [2.05, 4.69) is 5.16 Å². The summed E-state index contributed by atoms with van der Waals surface area (Å²) in [5, 5.41) is 13.3. The maximum atomic E-state index is 12.7. The van der Waals surface area contributed by atoms with Crippen molar-refractivity contribution in [1.82, 2.24) is 10.1 Å². The van der Waals surface area contributed by atoms with Gasteiger partial charge in [-0.1, -0.05) is 11.6 Å². The van der Waals surface area contributed by atoms with Crippen LogP contribution >= 0.6 is 0 Å². The van der Waals surface area contributed by atoms with Crippen molar-refractivity contribution in [1.29, 1.82) is 0 Å². The number of aromatic nitrogens is 1. The van der Waals surface area contributed by atoms with Gasteiger partial charge in [0, 0.05) is 18.5 Å². The molecule has 1 aromatic rings. The second kappa shape index (κ2) is 5.87. The summed E-state index contributed by atoms with van der Waals surface area (Å²) < 4.78 is 5.33. The van der Waals surface area contributed by atoms with Crippen LogP contribution < -0.4 is 0 Å². The third kappa shape index (κ3) is 2.66. The Bertz CT molecular complexity index is 552. The first-order valence-corrected chi connectivity index (χ1v) is 7.69. The number of rotatable bonds is 2. The first-order valence-electron chi connectivity index (χ1n) is 7.69. The maximum Gasteiger partial charge on any atom is 0.326 e. The number of aryl methyl sites for hydroxylation is 1.